The van der Waals surface area contributed by atoms with Gasteiger partial charge in [-0.25, -0.2) is 0 Å². The van der Waals surface area contributed by atoms with Crippen molar-refractivity contribution >= 4 is 27.9 Å². The second-order valence-electron chi connectivity index (χ2n) is 7.05. The molecule has 3 heterocycles. The molecule has 2 aromatic heterocycles. The van der Waals surface area contributed by atoms with Gasteiger partial charge in [-0.05, 0) is 54.5 Å². The average Bonchev–Trinajstić information content (AvgIpc) is 3.28. The molecule has 0 radical (unpaired) electrons. The first kappa shape index (κ1) is 18.7. The van der Waals surface area contributed by atoms with Crippen molar-refractivity contribution in [1.82, 2.24) is 14.3 Å². The number of hydrogen-bond donors (Lipinski definition) is 1. The maximum absolute atomic E-state index is 11.4. The summed E-state index contributed by atoms with van der Waals surface area (Å²) in [6.45, 7) is 3.70. The van der Waals surface area contributed by atoms with Crippen LogP contribution in [0.4, 0.5) is 11.6 Å². The van der Waals surface area contributed by atoms with Crippen molar-refractivity contribution in [2.75, 3.05) is 32.1 Å². The van der Waals surface area contributed by atoms with Crippen LogP contribution in [0.25, 0.3) is 4.96 Å². The number of benzene rings is 1. The highest BCUT2D eigenvalue weighted by atomic mass is 32.1. The van der Waals surface area contributed by atoms with Crippen LogP contribution >= 0.6 is 11.3 Å². The van der Waals surface area contributed by atoms with Crippen molar-refractivity contribution < 1.29 is 9.66 Å². The Kier molecular flexibility index (Phi) is 5.45. The van der Waals surface area contributed by atoms with E-state index in [1.807, 2.05) is 12.1 Å². The number of anilines is 1. The second-order valence-corrected chi connectivity index (χ2v) is 7.92. The van der Waals surface area contributed by atoms with Gasteiger partial charge in [0.1, 0.15) is 11.9 Å². The molecule has 4 rings (SSSR count). The van der Waals surface area contributed by atoms with Crippen molar-refractivity contribution in [3.8, 4) is 5.75 Å². The number of thiazole rings is 1. The van der Waals surface area contributed by atoms with Gasteiger partial charge < -0.3 is 20.2 Å². The number of imidazole rings is 1. The van der Waals surface area contributed by atoms with E-state index in [0.29, 0.717) is 23.2 Å². The largest absolute Gasteiger partial charge is 0.497 e. The Balaban J connectivity index is 1.29. The van der Waals surface area contributed by atoms with E-state index in [1.165, 1.54) is 21.3 Å². The summed E-state index contributed by atoms with van der Waals surface area (Å²) in [5.41, 5.74) is 1.28. The van der Waals surface area contributed by atoms with Gasteiger partial charge in [0.05, 0.1) is 7.11 Å². The van der Waals surface area contributed by atoms with E-state index in [-0.39, 0.29) is 10.7 Å². The summed E-state index contributed by atoms with van der Waals surface area (Å²) in [7, 11) is 1.68. The molecule has 0 spiro atoms. The molecule has 1 fully saturated rings. The summed E-state index contributed by atoms with van der Waals surface area (Å²) in [5.74, 6) is 1.76. The Labute approximate surface area is 166 Å². The highest BCUT2D eigenvalue weighted by molar-refractivity contribution is 7.15. The van der Waals surface area contributed by atoms with E-state index in [9.17, 15) is 10.1 Å². The summed E-state index contributed by atoms with van der Waals surface area (Å²) >= 11 is 1.40. The molecule has 0 aliphatic carbocycles. The highest BCUT2D eigenvalue weighted by Crippen LogP contribution is 2.29. The predicted octanol–water partition coefficient (Wildman–Crippen LogP) is 3.64. The lowest BCUT2D eigenvalue weighted by molar-refractivity contribution is -0.389. The zero-order valence-electron chi connectivity index (χ0n) is 15.7. The molecule has 9 heteroatoms. The van der Waals surface area contributed by atoms with Crippen LogP contribution in [0.3, 0.4) is 0 Å². The number of nitro groups is 1. The van der Waals surface area contributed by atoms with Crippen LogP contribution in [0.5, 0.6) is 5.75 Å². The third kappa shape index (κ3) is 3.95. The minimum absolute atomic E-state index is 0.0215. The molecule has 0 atom stereocenters. The van der Waals surface area contributed by atoms with Crippen molar-refractivity contribution in [2.24, 2.45) is 5.92 Å². The number of hydrogen-bond acceptors (Lipinski definition) is 7. The fourth-order valence-electron chi connectivity index (χ4n) is 3.65. The fourth-order valence-corrected chi connectivity index (χ4v) is 4.35. The Morgan fingerprint density at radius 3 is 2.75 bits per heavy atom. The first-order valence-corrected chi connectivity index (χ1v) is 10.2. The highest BCUT2D eigenvalue weighted by Gasteiger charge is 2.25. The number of likely N-dealkylation sites (tertiary alicyclic amines) is 1. The van der Waals surface area contributed by atoms with Gasteiger partial charge in [0.15, 0.2) is 0 Å². The number of aromatic nitrogens is 2. The van der Waals surface area contributed by atoms with Gasteiger partial charge in [-0.15, -0.1) is 0 Å². The normalized spacial score (nSPS) is 15.8. The van der Waals surface area contributed by atoms with Gasteiger partial charge in [-0.1, -0.05) is 23.5 Å². The van der Waals surface area contributed by atoms with E-state index < -0.39 is 0 Å². The van der Waals surface area contributed by atoms with E-state index in [4.69, 9.17) is 4.74 Å². The molecular weight excluding hydrogens is 378 g/mol. The monoisotopic (exact) mass is 401 g/mol. The molecule has 3 aromatic rings. The lowest BCUT2D eigenvalue weighted by atomic mass is 9.96. The number of piperidine rings is 1. The minimum Gasteiger partial charge on any atom is -0.497 e. The van der Waals surface area contributed by atoms with Crippen molar-refractivity contribution in [2.45, 2.75) is 19.4 Å². The Bertz CT molecular complexity index is 944. The van der Waals surface area contributed by atoms with Gasteiger partial charge in [-0.3, -0.25) is 4.90 Å². The van der Waals surface area contributed by atoms with Crippen molar-refractivity contribution in [1.29, 1.82) is 0 Å². The molecule has 1 N–H and O–H groups in total. The first-order valence-electron chi connectivity index (χ1n) is 9.33. The third-order valence-corrected chi connectivity index (χ3v) is 6.00. The molecule has 0 unspecified atom stereocenters. The molecule has 1 aliphatic rings. The van der Waals surface area contributed by atoms with Gasteiger partial charge in [0, 0.05) is 18.5 Å². The zero-order valence-corrected chi connectivity index (χ0v) is 16.5. The number of nitrogens with zero attached hydrogens (tertiary/aromatic N) is 4. The Morgan fingerprint density at radius 1 is 1.32 bits per heavy atom. The summed E-state index contributed by atoms with van der Waals surface area (Å²) in [5, 5.41) is 16.4. The quantitative estimate of drug-likeness (QED) is 0.481. The number of fused-ring (bicyclic) bond motifs is 1. The predicted molar refractivity (Wildman–Crippen MR) is 109 cm³/mol. The van der Waals surface area contributed by atoms with Gasteiger partial charge >= 0.3 is 5.82 Å². The molecule has 0 amide bonds. The number of rotatable bonds is 7. The van der Waals surface area contributed by atoms with Crippen molar-refractivity contribution in [3.05, 3.63) is 51.5 Å². The summed E-state index contributed by atoms with van der Waals surface area (Å²) in [6, 6.07) is 8.20. The number of methoxy groups -OCH3 is 1. The second kappa shape index (κ2) is 8.15. The van der Waals surface area contributed by atoms with E-state index in [0.717, 1.165) is 38.2 Å². The third-order valence-electron chi connectivity index (χ3n) is 5.24. The van der Waals surface area contributed by atoms with Crippen LogP contribution in [-0.4, -0.2) is 46.0 Å². The lowest BCUT2D eigenvalue weighted by Crippen LogP contribution is -2.35. The smallest absolute Gasteiger partial charge is 0.372 e. The zero-order chi connectivity index (χ0) is 19.5. The Morgan fingerprint density at radius 2 is 2.07 bits per heavy atom. The lowest BCUT2D eigenvalue weighted by Gasteiger charge is -2.32. The molecule has 1 aromatic carbocycles. The van der Waals surface area contributed by atoms with Crippen LogP contribution in [0.15, 0.2) is 35.8 Å². The molecule has 1 saturated heterocycles. The standard InChI is InChI=1S/C19H23N5O3S/c1-27-16-4-2-15(3-5-16)13-22-8-6-14(7-9-22)12-20-17-18(24(25)26)23-10-11-28-19(23)21-17/h2-5,10-11,14,20H,6-9,12-13H2,1H3. The molecule has 28 heavy (non-hydrogen) atoms. The topological polar surface area (TPSA) is 84.9 Å². The molecule has 0 saturated carbocycles. The SMILES string of the molecule is COc1ccc(CN2CCC(CNc3nc4sccn4c3[N+](=O)[O-])CC2)cc1. The van der Waals surface area contributed by atoms with Gasteiger partial charge in [0.25, 0.3) is 4.96 Å². The molecule has 8 nitrogen and oxygen atoms in total. The van der Waals surface area contributed by atoms with Gasteiger partial charge in [0.2, 0.25) is 5.82 Å². The van der Waals surface area contributed by atoms with Crippen LogP contribution in [-0.2, 0) is 6.54 Å². The molecular formula is C19H23N5O3S. The maximum Gasteiger partial charge on any atom is 0.372 e. The number of ether oxygens (including phenoxy) is 1. The van der Waals surface area contributed by atoms with Crippen molar-refractivity contribution in [3.63, 3.8) is 0 Å². The fraction of sp³-hybridized carbons (Fsp3) is 0.421. The van der Waals surface area contributed by atoms with Crippen LogP contribution < -0.4 is 10.1 Å². The molecule has 148 valence electrons. The van der Waals surface area contributed by atoms with Gasteiger partial charge in [-0.2, -0.15) is 9.38 Å². The van der Waals surface area contributed by atoms with Crippen LogP contribution in [0, 0.1) is 16.0 Å². The van der Waals surface area contributed by atoms with E-state index >= 15 is 0 Å². The molecule has 1 aliphatic heterocycles. The average molecular weight is 401 g/mol. The van der Waals surface area contributed by atoms with Crippen LogP contribution in [0.1, 0.15) is 18.4 Å². The summed E-state index contributed by atoms with van der Waals surface area (Å²) in [4.78, 5) is 18.5. The number of nitrogens with one attached hydrogen (secondary N) is 1. The van der Waals surface area contributed by atoms with E-state index in [1.54, 1.807) is 18.7 Å². The summed E-state index contributed by atoms with van der Waals surface area (Å²) < 4.78 is 6.74. The summed E-state index contributed by atoms with van der Waals surface area (Å²) in [6.07, 6.45) is 3.83. The minimum atomic E-state index is -0.369. The van der Waals surface area contributed by atoms with E-state index in [2.05, 4.69) is 27.3 Å². The maximum atomic E-state index is 11.4. The molecule has 0 bridgehead atoms. The Hall–Kier alpha value is -2.65. The first-order chi connectivity index (χ1) is 13.6. The van der Waals surface area contributed by atoms with Crippen LogP contribution in [0.2, 0.25) is 0 Å².